The van der Waals surface area contributed by atoms with E-state index in [-0.39, 0.29) is 48.2 Å². The molecular formula is C33H48N2O11. The van der Waals surface area contributed by atoms with E-state index in [2.05, 4.69) is 17.6 Å². The van der Waals surface area contributed by atoms with E-state index in [4.69, 9.17) is 14.9 Å². The van der Waals surface area contributed by atoms with Gasteiger partial charge in [0.15, 0.2) is 12.4 Å². The van der Waals surface area contributed by atoms with Gasteiger partial charge in [0.1, 0.15) is 17.7 Å². The van der Waals surface area contributed by atoms with Gasteiger partial charge < -0.3 is 35.8 Å². The molecule has 0 heterocycles. The van der Waals surface area contributed by atoms with Crippen LogP contribution in [-0.4, -0.2) is 92.7 Å². The number of aliphatic hydroxyl groups excluding tert-OH is 2. The summed E-state index contributed by atoms with van der Waals surface area (Å²) in [6.45, 7) is 5.71. The lowest BCUT2D eigenvalue weighted by atomic mass is 9.45. The summed E-state index contributed by atoms with van der Waals surface area (Å²) in [6, 6.07) is -2.66. The number of ketones is 2. The number of ether oxygens (including phenoxy) is 1. The predicted molar refractivity (Wildman–Crippen MR) is 162 cm³/mol. The summed E-state index contributed by atoms with van der Waals surface area (Å²) >= 11 is 0. The Bertz CT molecular complexity index is 1300. The van der Waals surface area contributed by atoms with Gasteiger partial charge in [0.2, 0.25) is 17.6 Å². The van der Waals surface area contributed by atoms with Crippen LogP contribution >= 0.6 is 0 Å². The highest BCUT2D eigenvalue weighted by Crippen LogP contribution is 2.67. The minimum Gasteiger partial charge on any atom is -0.480 e. The topological polar surface area (TPSA) is 217 Å². The molecule has 9 atom stereocenters. The van der Waals surface area contributed by atoms with Crippen LogP contribution in [0.1, 0.15) is 85.5 Å². The minimum absolute atomic E-state index is 0.0282. The smallest absolute Gasteiger partial charge is 0.328 e. The largest absolute Gasteiger partial charge is 0.480 e. The molecule has 0 bridgehead atoms. The third-order valence-corrected chi connectivity index (χ3v) is 11.5. The van der Waals surface area contributed by atoms with E-state index in [1.54, 1.807) is 19.9 Å². The molecule has 0 radical (unpaired) electrons. The lowest BCUT2D eigenvalue weighted by molar-refractivity contribution is -0.184. The van der Waals surface area contributed by atoms with Crippen LogP contribution in [0.15, 0.2) is 11.6 Å². The number of carboxylic acids is 1. The van der Waals surface area contributed by atoms with Gasteiger partial charge in [0.25, 0.3) is 0 Å². The summed E-state index contributed by atoms with van der Waals surface area (Å²) in [4.78, 5) is 74.2. The number of Topliss-reactive ketones (excluding diaryl/α,β-unsaturated/α-hetero) is 1. The van der Waals surface area contributed by atoms with E-state index < -0.39 is 84.3 Å². The molecule has 256 valence electrons. The number of hydrogen-bond donors (Lipinski definition) is 6. The van der Waals surface area contributed by atoms with Crippen molar-refractivity contribution < 1.29 is 53.9 Å². The van der Waals surface area contributed by atoms with E-state index in [0.717, 1.165) is 18.4 Å². The Morgan fingerprint density at radius 2 is 1.74 bits per heavy atom. The molecule has 0 aliphatic heterocycles. The van der Waals surface area contributed by atoms with Gasteiger partial charge in [-0.15, -0.1) is 0 Å². The van der Waals surface area contributed by atoms with Crippen molar-refractivity contribution in [1.29, 1.82) is 0 Å². The van der Waals surface area contributed by atoms with Crippen LogP contribution in [0.3, 0.4) is 0 Å². The zero-order chi connectivity index (χ0) is 34.2. The number of rotatable bonds is 12. The minimum atomic E-state index is -1.80. The standard InChI is InChI=1S/C33H48N2O11/c1-17(2)28(29(42)34-22(15-36)30(43)44)35-25(40)7-8-26(41)46-16-24(39)33(45)12-10-21-20-6-5-18-13-19(37)9-11-31(18,3)27(20)23(38)14-32(21,33)4/h13,17,20-23,27-28,36,38,45H,5-12,14-16H2,1-4H3,(H,34,42)(H,35,40)(H,43,44)/t20-,21+,22+,23+,27+,28+,31+,32+,33+/m1/s1. The van der Waals surface area contributed by atoms with Crippen molar-refractivity contribution >= 4 is 35.3 Å². The van der Waals surface area contributed by atoms with Crippen molar-refractivity contribution in [3.05, 3.63) is 11.6 Å². The van der Waals surface area contributed by atoms with Crippen LogP contribution in [0, 0.1) is 34.5 Å². The van der Waals surface area contributed by atoms with Gasteiger partial charge in [0, 0.05) is 18.3 Å². The molecule has 0 aromatic carbocycles. The zero-order valence-electron chi connectivity index (χ0n) is 27.0. The molecular weight excluding hydrogens is 600 g/mol. The Balaban J connectivity index is 1.33. The first-order valence-corrected chi connectivity index (χ1v) is 16.2. The van der Waals surface area contributed by atoms with Crippen LogP contribution in [0.2, 0.25) is 0 Å². The second-order valence-corrected chi connectivity index (χ2v) is 14.4. The molecule has 2 amide bonds. The summed E-state index contributed by atoms with van der Waals surface area (Å²) in [5, 5.41) is 46.2. The van der Waals surface area contributed by atoms with Gasteiger partial charge in [-0.3, -0.25) is 24.0 Å². The van der Waals surface area contributed by atoms with Crippen LogP contribution in [-0.2, 0) is 33.5 Å². The maximum atomic E-state index is 13.5. The van der Waals surface area contributed by atoms with Gasteiger partial charge in [-0.2, -0.15) is 0 Å². The van der Waals surface area contributed by atoms with Gasteiger partial charge >= 0.3 is 11.9 Å². The fraction of sp³-hybridized carbons (Fsp3) is 0.758. The Hall–Kier alpha value is -3.16. The Kier molecular flexibility index (Phi) is 10.5. The Labute approximate surface area is 268 Å². The molecule has 3 fully saturated rings. The first-order valence-electron chi connectivity index (χ1n) is 16.2. The maximum Gasteiger partial charge on any atom is 0.328 e. The first-order chi connectivity index (χ1) is 21.5. The highest BCUT2D eigenvalue weighted by atomic mass is 16.5. The SMILES string of the molecule is CC(C)[C@H](NC(=O)CCC(=O)OCC(=O)[C@@]1(O)CC[C@H]2[C@H]3CCC4=CC(=O)CC[C@]4(C)[C@@H]3[C@@H](O)C[C@@]21C)C(=O)N[C@@H](CO)C(=O)O. The third-order valence-electron chi connectivity index (χ3n) is 11.5. The number of carbonyl (C=O) groups is 6. The number of hydrogen-bond acceptors (Lipinski definition) is 10. The van der Waals surface area contributed by atoms with E-state index in [1.165, 1.54) is 0 Å². The summed E-state index contributed by atoms with van der Waals surface area (Å²) in [5.41, 5.74) is -1.94. The second-order valence-electron chi connectivity index (χ2n) is 14.4. The number of amides is 2. The maximum absolute atomic E-state index is 13.5. The predicted octanol–water partition coefficient (Wildman–Crippen LogP) is 0.815. The van der Waals surface area contributed by atoms with E-state index in [0.29, 0.717) is 19.3 Å². The second kappa shape index (κ2) is 13.5. The fourth-order valence-corrected chi connectivity index (χ4v) is 8.93. The van der Waals surface area contributed by atoms with Gasteiger partial charge in [-0.1, -0.05) is 33.3 Å². The monoisotopic (exact) mass is 648 g/mol. The molecule has 46 heavy (non-hydrogen) atoms. The molecule has 13 nitrogen and oxygen atoms in total. The van der Waals surface area contributed by atoms with Crippen molar-refractivity contribution in [1.82, 2.24) is 10.6 Å². The van der Waals surface area contributed by atoms with E-state index in [1.807, 2.05) is 6.92 Å². The molecule has 0 saturated heterocycles. The molecule has 4 rings (SSSR count). The summed E-state index contributed by atoms with van der Waals surface area (Å²) < 4.78 is 5.18. The van der Waals surface area contributed by atoms with Gasteiger partial charge in [-0.05, 0) is 73.7 Å². The number of nitrogens with one attached hydrogen (secondary N) is 2. The van der Waals surface area contributed by atoms with E-state index >= 15 is 0 Å². The molecule has 0 aromatic rings. The number of fused-ring (bicyclic) bond motifs is 5. The van der Waals surface area contributed by atoms with Crippen molar-refractivity contribution in [3.63, 3.8) is 0 Å². The lowest BCUT2D eigenvalue weighted by Crippen LogP contribution is -2.62. The van der Waals surface area contributed by atoms with Crippen LogP contribution in [0.4, 0.5) is 0 Å². The van der Waals surface area contributed by atoms with Crippen LogP contribution < -0.4 is 10.6 Å². The summed E-state index contributed by atoms with van der Waals surface area (Å²) in [7, 11) is 0. The molecule has 4 aliphatic rings. The normalized spacial score (nSPS) is 34.7. The average molecular weight is 649 g/mol. The molecule has 13 heteroatoms. The summed E-state index contributed by atoms with van der Waals surface area (Å²) in [5.74, 6) is -4.76. The molecule has 0 aromatic heterocycles. The summed E-state index contributed by atoms with van der Waals surface area (Å²) in [6.07, 6.45) is 3.81. The third kappa shape index (κ3) is 6.50. The van der Waals surface area contributed by atoms with Crippen molar-refractivity contribution in [2.24, 2.45) is 34.5 Å². The number of carbonyl (C=O) groups excluding carboxylic acids is 5. The number of aliphatic carboxylic acids is 1. The highest BCUT2D eigenvalue weighted by Gasteiger charge is 2.68. The van der Waals surface area contributed by atoms with Crippen molar-refractivity contribution in [2.45, 2.75) is 109 Å². The van der Waals surface area contributed by atoms with Crippen LogP contribution in [0.5, 0.6) is 0 Å². The number of allylic oxidation sites excluding steroid dienone is 1. The molecule has 0 spiro atoms. The van der Waals surface area contributed by atoms with Gasteiger partial charge in [-0.25, -0.2) is 4.79 Å². The highest BCUT2D eigenvalue weighted by molar-refractivity contribution is 5.93. The quantitative estimate of drug-likeness (QED) is 0.163. The number of esters is 1. The van der Waals surface area contributed by atoms with Crippen molar-refractivity contribution in [3.8, 4) is 0 Å². The number of aliphatic hydroxyl groups is 3. The lowest BCUT2D eigenvalue weighted by Gasteiger charge is -2.60. The molecule has 3 saturated carbocycles. The zero-order valence-corrected chi connectivity index (χ0v) is 27.0. The average Bonchev–Trinajstić information content (AvgIpc) is 3.26. The van der Waals surface area contributed by atoms with Crippen molar-refractivity contribution in [2.75, 3.05) is 13.2 Å². The van der Waals surface area contributed by atoms with Gasteiger partial charge in [0.05, 0.1) is 19.1 Å². The molecule has 4 aliphatic carbocycles. The molecule has 6 N–H and O–H groups in total. The fourth-order valence-electron chi connectivity index (χ4n) is 8.93. The first kappa shape index (κ1) is 35.7. The Morgan fingerprint density at radius 1 is 1.04 bits per heavy atom. The Morgan fingerprint density at radius 3 is 2.37 bits per heavy atom. The van der Waals surface area contributed by atoms with Crippen LogP contribution in [0.25, 0.3) is 0 Å². The number of carboxylic acid groups (broad SMARTS) is 1. The molecule has 0 unspecified atom stereocenters. The van der Waals surface area contributed by atoms with E-state index in [9.17, 15) is 39.0 Å².